The van der Waals surface area contributed by atoms with Gasteiger partial charge in [-0.3, -0.25) is 9.20 Å². The van der Waals surface area contributed by atoms with Gasteiger partial charge in [-0.2, -0.15) is 0 Å². The second-order valence-corrected chi connectivity index (χ2v) is 6.83. The van der Waals surface area contributed by atoms with Crippen LogP contribution in [-0.2, 0) is 5.75 Å². The first kappa shape index (κ1) is 15.8. The Kier molecular flexibility index (Phi) is 3.97. The third-order valence-corrected chi connectivity index (χ3v) is 5.10. The van der Waals surface area contributed by atoms with E-state index in [1.807, 2.05) is 50.2 Å². The van der Waals surface area contributed by atoms with Crippen molar-refractivity contribution >= 4 is 28.4 Å². The number of pyridine rings is 1. The van der Waals surface area contributed by atoms with Crippen molar-refractivity contribution in [1.82, 2.24) is 19.4 Å². The number of nitrogens with zero attached hydrogens (tertiary/aromatic N) is 4. The number of benzene rings is 1. The lowest BCUT2D eigenvalue weighted by Crippen LogP contribution is -2.15. The molecule has 3 aromatic heterocycles. The van der Waals surface area contributed by atoms with E-state index in [-0.39, 0.29) is 5.56 Å². The van der Waals surface area contributed by atoms with Crippen molar-refractivity contribution in [1.29, 1.82) is 0 Å². The molecule has 4 rings (SSSR count). The smallest absolute Gasteiger partial charge is 0.258 e. The highest BCUT2D eigenvalue weighted by Crippen LogP contribution is 2.24. The minimum absolute atomic E-state index is 0.0642. The molecule has 0 saturated heterocycles. The first-order valence-corrected chi connectivity index (χ1v) is 8.94. The predicted molar refractivity (Wildman–Crippen MR) is 100 cm³/mol. The SMILES string of the molecule is Cc1nc2ccccc2nc1SCc1cc(=O)n2cccc(C)c2n1. The molecule has 6 heteroatoms. The summed E-state index contributed by atoms with van der Waals surface area (Å²) in [4.78, 5) is 26.2. The van der Waals surface area contributed by atoms with Gasteiger partial charge in [-0.1, -0.05) is 30.0 Å². The van der Waals surface area contributed by atoms with Crippen molar-refractivity contribution in [2.75, 3.05) is 0 Å². The molecule has 0 N–H and O–H groups in total. The fourth-order valence-corrected chi connectivity index (χ4v) is 3.58. The van der Waals surface area contributed by atoms with Crippen molar-refractivity contribution in [2.45, 2.75) is 24.6 Å². The van der Waals surface area contributed by atoms with E-state index in [1.54, 1.807) is 28.4 Å². The maximum absolute atomic E-state index is 12.3. The third-order valence-electron chi connectivity index (χ3n) is 4.00. The van der Waals surface area contributed by atoms with E-state index in [1.165, 1.54) is 0 Å². The molecular formula is C19H16N4OS. The Bertz CT molecular complexity index is 1150. The molecule has 124 valence electrons. The summed E-state index contributed by atoms with van der Waals surface area (Å²) >= 11 is 1.55. The molecule has 0 radical (unpaired) electrons. The Morgan fingerprint density at radius 3 is 2.56 bits per heavy atom. The molecule has 0 amide bonds. The molecule has 4 aromatic rings. The van der Waals surface area contributed by atoms with Crippen LogP contribution in [0.1, 0.15) is 17.0 Å². The Balaban J connectivity index is 1.67. The second kappa shape index (κ2) is 6.29. The van der Waals surface area contributed by atoms with Crippen molar-refractivity contribution in [3.05, 3.63) is 76.0 Å². The summed E-state index contributed by atoms with van der Waals surface area (Å²) < 4.78 is 1.57. The standard InChI is InChI=1S/C19H16N4OS/c1-12-6-5-9-23-17(24)10-14(21-18(12)23)11-25-19-13(2)20-15-7-3-4-8-16(15)22-19/h3-10H,11H2,1-2H3. The molecule has 1 aromatic carbocycles. The molecule has 0 saturated carbocycles. The monoisotopic (exact) mass is 348 g/mol. The molecule has 0 unspecified atom stereocenters. The van der Waals surface area contributed by atoms with Crippen molar-refractivity contribution < 1.29 is 0 Å². The van der Waals surface area contributed by atoms with E-state index in [0.29, 0.717) is 11.4 Å². The molecule has 0 aliphatic heterocycles. The summed E-state index contributed by atoms with van der Waals surface area (Å²) in [6.45, 7) is 3.91. The largest absolute Gasteiger partial charge is 0.269 e. The molecule has 0 aliphatic rings. The molecule has 0 aliphatic carbocycles. The average molecular weight is 348 g/mol. The zero-order chi connectivity index (χ0) is 17.4. The molecule has 0 bridgehead atoms. The molecule has 0 spiro atoms. The van der Waals surface area contributed by atoms with Crippen molar-refractivity contribution in [3.8, 4) is 0 Å². The average Bonchev–Trinajstić information content (AvgIpc) is 2.61. The lowest BCUT2D eigenvalue weighted by Gasteiger charge is -2.08. The number of hydrogen-bond donors (Lipinski definition) is 0. The fraction of sp³-hybridized carbons (Fsp3) is 0.158. The van der Waals surface area contributed by atoms with Crippen LogP contribution in [0, 0.1) is 13.8 Å². The van der Waals surface area contributed by atoms with Gasteiger partial charge in [0, 0.05) is 18.0 Å². The van der Waals surface area contributed by atoms with Gasteiger partial charge in [-0.25, -0.2) is 15.0 Å². The van der Waals surface area contributed by atoms with Gasteiger partial charge in [0.1, 0.15) is 10.7 Å². The topological polar surface area (TPSA) is 60.2 Å². The number of aryl methyl sites for hydroxylation is 2. The summed E-state index contributed by atoms with van der Waals surface area (Å²) in [5.74, 6) is 0.577. The van der Waals surface area contributed by atoms with Gasteiger partial charge in [-0.15, -0.1) is 0 Å². The summed E-state index contributed by atoms with van der Waals surface area (Å²) in [6.07, 6.45) is 1.74. The number of hydrogen-bond acceptors (Lipinski definition) is 5. The zero-order valence-electron chi connectivity index (χ0n) is 13.9. The Labute approximate surface area is 148 Å². The quantitative estimate of drug-likeness (QED) is 0.530. The lowest BCUT2D eigenvalue weighted by atomic mass is 10.3. The van der Waals surface area contributed by atoms with Crippen molar-refractivity contribution in [3.63, 3.8) is 0 Å². The Hall–Kier alpha value is -2.73. The number of thioether (sulfide) groups is 1. The Morgan fingerprint density at radius 2 is 1.76 bits per heavy atom. The first-order chi connectivity index (χ1) is 12.1. The van der Waals surface area contributed by atoms with E-state index in [4.69, 9.17) is 0 Å². The van der Waals surface area contributed by atoms with Crippen molar-refractivity contribution in [2.24, 2.45) is 0 Å². The molecular weight excluding hydrogens is 332 g/mol. The molecule has 25 heavy (non-hydrogen) atoms. The van der Waals surface area contributed by atoms with Gasteiger partial charge in [-0.05, 0) is 37.6 Å². The van der Waals surface area contributed by atoms with Crippen LogP contribution in [0.25, 0.3) is 16.7 Å². The van der Waals surface area contributed by atoms with Crippen LogP contribution >= 0.6 is 11.8 Å². The fourth-order valence-electron chi connectivity index (χ4n) is 2.73. The molecule has 0 fully saturated rings. The summed E-state index contributed by atoms with van der Waals surface area (Å²) in [7, 11) is 0. The van der Waals surface area contributed by atoms with Gasteiger partial charge >= 0.3 is 0 Å². The number of aromatic nitrogens is 4. The van der Waals surface area contributed by atoms with Gasteiger partial charge in [0.05, 0.1) is 22.4 Å². The van der Waals surface area contributed by atoms with Crippen LogP contribution in [0.4, 0.5) is 0 Å². The third kappa shape index (κ3) is 3.00. The van der Waals surface area contributed by atoms with Crippen LogP contribution in [0.15, 0.2) is 58.5 Å². The van der Waals surface area contributed by atoms with E-state index in [9.17, 15) is 4.79 Å². The van der Waals surface area contributed by atoms with Crippen LogP contribution in [0.3, 0.4) is 0 Å². The summed E-state index contributed by atoms with van der Waals surface area (Å²) in [5, 5.41) is 0.866. The van der Waals surface area contributed by atoms with Crippen LogP contribution in [-0.4, -0.2) is 19.4 Å². The summed E-state index contributed by atoms with van der Waals surface area (Å²) in [6, 6.07) is 13.2. The van der Waals surface area contributed by atoms with Gasteiger partial charge in [0.25, 0.3) is 5.56 Å². The highest BCUT2D eigenvalue weighted by Gasteiger charge is 2.09. The summed E-state index contributed by atoms with van der Waals surface area (Å²) in [5.41, 5.74) is 5.02. The lowest BCUT2D eigenvalue weighted by molar-refractivity contribution is 0.995. The number of para-hydroxylation sites is 2. The number of fused-ring (bicyclic) bond motifs is 2. The van der Waals surface area contributed by atoms with E-state index in [0.717, 1.165) is 33.0 Å². The first-order valence-electron chi connectivity index (χ1n) is 7.96. The minimum atomic E-state index is -0.0642. The van der Waals surface area contributed by atoms with Crippen LogP contribution in [0.5, 0.6) is 0 Å². The predicted octanol–water partition coefficient (Wildman–Crippen LogP) is 3.55. The second-order valence-electron chi connectivity index (χ2n) is 5.86. The van der Waals surface area contributed by atoms with Crippen LogP contribution < -0.4 is 5.56 Å². The Morgan fingerprint density at radius 1 is 1.00 bits per heavy atom. The van der Waals surface area contributed by atoms with E-state index >= 15 is 0 Å². The van der Waals surface area contributed by atoms with Gasteiger partial charge in [0.2, 0.25) is 0 Å². The van der Waals surface area contributed by atoms with Gasteiger partial charge < -0.3 is 0 Å². The normalized spacial score (nSPS) is 11.3. The molecule has 3 heterocycles. The molecule has 0 atom stereocenters. The zero-order valence-corrected chi connectivity index (χ0v) is 14.7. The van der Waals surface area contributed by atoms with E-state index in [2.05, 4.69) is 15.0 Å². The van der Waals surface area contributed by atoms with E-state index < -0.39 is 0 Å². The minimum Gasteiger partial charge on any atom is -0.269 e. The maximum Gasteiger partial charge on any atom is 0.258 e. The van der Waals surface area contributed by atoms with Crippen LogP contribution in [0.2, 0.25) is 0 Å². The highest BCUT2D eigenvalue weighted by atomic mass is 32.2. The van der Waals surface area contributed by atoms with Gasteiger partial charge in [0.15, 0.2) is 0 Å². The molecule has 5 nitrogen and oxygen atoms in total. The maximum atomic E-state index is 12.3. The highest BCUT2D eigenvalue weighted by molar-refractivity contribution is 7.98. The number of rotatable bonds is 3.